The largest absolute Gasteiger partial charge is 0.497 e. The minimum Gasteiger partial charge on any atom is -0.497 e. The van der Waals surface area contributed by atoms with Crippen LogP contribution in [0.25, 0.3) is 6.08 Å². The maximum atomic E-state index is 12.6. The lowest BCUT2D eigenvalue weighted by Gasteiger charge is -2.14. The minimum atomic E-state index is -0.467. The Morgan fingerprint density at radius 1 is 1.06 bits per heavy atom. The predicted molar refractivity (Wildman–Crippen MR) is 141 cm³/mol. The Hall–Kier alpha value is -3.91. The first-order valence-electron chi connectivity index (χ1n) is 10.9. The van der Waals surface area contributed by atoms with Gasteiger partial charge in [-0.25, -0.2) is 0 Å². The number of halogens is 1. The van der Waals surface area contributed by atoms with Gasteiger partial charge in [-0.2, -0.15) is 5.26 Å². The van der Waals surface area contributed by atoms with Crippen molar-refractivity contribution in [3.63, 3.8) is 0 Å². The second-order valence-corrected chi connectivity index (χ2v) is 8.87. The van der Waals surface area contributed by atoms with Crippen LogP contribution in [0.3, 0.4) is 0 Å². The van der Waals surface area contributed by atoms with Gasteiger partial charge in [-0.1, -0.05) is 18.2 Å². The van der Waals surface area contributed by atoms with Crippen molar-refractivity contribution in [2.45, 2.75) is 13.2 Å². The fourth-order valence-corrected chi connectivity index (χ4v) is 4.27. The number of fused-ring (bicyclic) bond motifs is 1. The summed E-state index contributed by atoms with van der Waals surface area (Å²) in [6, 6.07) is 18.5. The van der Waals surface area contributed by atoms with Crippen LogP contribution in [0.15, 0.2) is 60.2 Å². The van der Waals surface area contributed by atoms with Crippen LogP contribution < -0.4 is 29.0 Å². The van der Waals surface area contributed by atoms with Crippen LogP contribution in [0, 0.1) is 14.9 Å². The first-order chi connectivity index (χ1) is 17.5. The molecule has 0 saturated carbocycles. The van der Waals surface area contributed by atoms with E-state index < -0.39 is 5.91 Å². The molecule has 1 aliphatic rings. The molecule has 0 atom stereocenters. The summed E-state index contributed by atoms with van der Waals surface area (Å²) in [7, 11) is 3.13. The quantitative estimate of drug-likeness (QED) is 0.214. The zero-order chi connectivity index (χ0) is 25.5. The Labute approximate surface area is 222 Å². The van der Waals surface area contributed by atoms with Gasteiger partial charge >= 0.3 is 0 Å². The summed E-state index contributed by atoms with van der Waals surface area (Å²) in [4.78, 5) is 12.6. The number of hydrogen-bond acceptors (Lipinski definition) is 7. The van der Waals surface area contributed by atoms with E-state index in [9.17, 15) is 10.1 Å². The van der Waals surface area contributed by atoms with Gasteiger partial charge in [0.1, 0.15) is 24.0 Å². The van der Waals surface area contributed by atoms with Crippen LogP contribution in [0.5, 0.6) is 28.7 Å². The van der Waals surface area contributed by atoms with E-state index in [0.29, 0.717) is 35.2 Å². The molecule has 1 N–H and O–H groups in total. The molecule has 1 heterocycles. The van der Waals surface area contributed by atoms with Crippen molar-refractivity contribution in [2.75, 3.05) is 21.0 Å². The number of nitriles is 1. The van der Waals surface area contributed by atoms with Crippen molar-refractivity contribution >= 4 is 34.6 Å². The van der Waals surface area contributed by atoms with Crippen molar-refractivity contribution in [3.05, 3.63) is 80.4 Å². The highest BCUT2D eigenvalue weighted by Crippen LogP contribution is 2.36. The molecule has 0 aromatic heterocycles. The van der Waals surface area contributed by atoms with Crippen LogP contribution >= 0.6 is 22.6 Å². The average molecular weight is 598 g/mol. The molecule has 0 saturated heterocycles. The molecule has 0 spiro atoms. The number of carbonyl (C=O) groups is 1. The summed E-state index contributed by atoms with van der Waals surface area (Å²) >= 11 is 2.14. The van der Waals surface area contributed by atoms with Gasteiger partial charge in [0, 0.05) is 6.54 Å². The highest BCUT2D eigenvalue weighted by molar-refractivity contribution is 14.1. The van der Waals surface area contributed by atoms with Crippen molar-refractivity contribution in [1.82, 2.24) is 5.32 Å². The molecule has 0 radical (unpaired) electrons. The lowest BCUT2D eigenvalue weighted by atomic mass is 10.1. The molecule has 4 rings (SSSR count). The van der Waals surface area contributed by atoms with Gasteiger partial charge in [0.05, 0.1) is 17.8 Å². The van der Waals surface area contributed by atoms with Crippen LogP contribution in [-0.2, 0) is 17.9 Å². The second kappa shape index (κ2) is 11.7. The summed E-state index contributed by atoms with van der Waals surface area (Å²) < 4.78 is 28.2. The predicted octanol–water partition coefficient (Wildman–Crippen LogP) is 4.84. The van der Waals surface area contributed by atoms with Crippen molar-refractivity contribution in [2.24, 2.45) is 0 Å². The number of nitrogens with one attached hydrogen (secondary N) is 1. The van der Waals surface area contributed by atoms with E-state index in [0.717, 1.165) is 20.4 Å². The van der Waals surface area contributed by atoms with Crippen LogP contribution in [0.1, 0.15) is 16.7 Å². The van der Waals surface area contributed by atoms with Gasteiger partial charge in [-0.3, -0.25) is 4.79 Å². The molecule has 3 aromatic rings. The van der Waals surface area contributed by atoms with Gasteiger partial charge in [0.2, 0.25) is 6.79 Å². The number of ether oxygens (including phenoxy) is 5. The van der Waals surface area contributed by atoms with Crippen molar-refractivity contribution < 1.29 is 28.5 Å². The number of methoxy groups -OCH3 is 2. The third-order valence-corrected chi connectivity index (χ3v) is 6.16. The number of carbonyl (C=O) groups excluding carboxylic acids is 1. The molecular formula is C27H23IN2O6. The van der Waals surface area contributed by atoms with E-state index in [1.807, 2.05) is 54.6 Å². The molecule has 0 unspecified atom stereocenters. The Morgan fingerprint density at radius 3 is 2.53 bits per heavy atom. The maximum absolute atomic E-state index is 12.6. The van der Waals surface area contributed by atoms with Gasteiger partial charge in [-0.15, -0.1) is 0 Å². The number of nitrogens with zero attached hydrogens (tertiary/aromatic N) is 1. The summed E-state index contributed by atoms with van der Waals surface area (Å²) in [5.74, 6) is 2.72. The molecule has 8 nitrogen and oxygen atoms in total. The smallest absolute Gasteiger partial charge is 0.262 e. The molecule has 0 fully saturated rings. The molecule has 184 valence electrons. The Balaban J connectivity index is 1.45. The standard InChI is InChI=1S/C27H23IN2O6/c1-32-21-6-3-17(4-7-21)14-30-27(31)20(13-29)9-19-10-22(28)26(25(12-19)33-2)34-15-18-5-8-23-24(11-18)36-16-35-23/h3-12H,14-16H2,1-2H3,(H,30,31)/b20-9-. The summed E-state index contributed by atoms with van der Waals surface area (Å²) in [5.41, 5.74) is 2.43. The second-order valence-electron chi connectivity index (χ2n) is 7.71. The van der Waals surface area contributed by atoms with Crippen LogP contribution in [0.2, 0.25) is 0 Å². The maximum Gasteiger partial charge on any atom is 0.262 e. The summed E-state index contributed by atoms with van der Waals surface area (Å²) in [5, 5.41) is 12.3. The van der Waals surface area contributed by atoms with Gasteiger partial charge in [0.25, 0.3) is 5.91 Å². The lowest BCUT2D eigenvalue weighted by molar-refractivity contribution is -0.117. The number of rotatable bonds is 9. The topological polar surface area (TPSA) is 99.0 Å². The van der Waals surface area contributed by atoms with E-state index in [2.05, 4.69) is 27.9 Å². The minimum absolute atomic E-state index is 0.0182. The van der Waals surface area contributed by atoms with Gasteiger partial charge in [-0.05, 0) is 81.8 Å². The lowest BCUT2D eigenvalue weighted by Crippen LogP contribution is -2.23. The highest BCUT2D eigenvalue weighted by Gasteiger charge is 2.16. The molecule has 1 aliphatic heterocycles. The zero-order valence-corrected chi connectivity index (χ0v) is 21.8. The van der Waals surface area contributed by atoms with E-state index in [-0.39, 0.29) is 18.9 Å². The summed E-state index contributed by atoms with van der Waals surface area (Å²) in [6.07, 6.45) is 1.52. The molecule has 0 aliphatic carbocycles. The molecule has 36 heavy (non-hydrogen) atoms. The van der Waals surface area contributed by atoms with Gasteiger partial charge < -0.3 is 29.0 Å². The highest BCUT2D eigenvalue weighted by atomic mass is 127. The number of benzene rings is 3. The van der Waals surface area contributed by atoms with E-state index in [1.165, 1.54) is 6.08 Å². The first-order valence-corrected chi connectivity index (χ1v) is 12.0. The van der Waals surface area contributed by atoms with Crippen LogP contribution in [-0.4, -0.2) is 26.9 Å². The Morgan fingerprint density at radius 2 is 1.81 bits per heavy atom. The van der Waals surface area contributed by atoms with Gasteiger partial charge in [0.15, 0.2) is 23.0 Å². The molecule has 9 heteroatoms. The Kier molecular flexibility index (Phi) is 8.17. The number of amides is 1. The fourth-order valence-electron chi connectivity index (χ4n) is 3.49. The fraction of sp³-hybridized carbons (Fsp3) is 0.185. The Bertz CT molecular complexity index is 1330. The number of hydrogen-bond donors (Lipinski definition) is 1. The van der Waals surface area contributed by atoms with Crippen LogP contribution in [0.4, 0.5) is 0 Å². The zero-order valence-electron chi connectivity index (χ0n) is 19.7. The molecule has 1 amide bonds. The SMILES string of the molecule is COc1ccc(CNC(=O)/C(C#N)=C\c2cc(I)c(OCc3ccc4c(c3)OCO4)c(OC)c2)cc1. The monoisotopic (exact) mass is 598 g/mol. The van der Waals surface area contributed by atoms with Crippen molar-refractivity contribution in [3.8, 4) is 34.8 Å². The molecule has 0 bridgehead atoms. The van der Waals surface area contributed by atoms with E-state index in [4.69, 9.17) is 23.7 Å². The van der Waals surface area contributed by atoms with E-state index >= 15 is 0 Å². The molecule has 3 aromatic carbocycles. The molecular weight excluding hydrogens is 575 g/mol. The summed E-state index contributed by atoms with van der Waals surface area (Å²) in [6.45, 7) is 0.801. The normalized spacial score (nSPS) is 12.0. The average Bonchev–Trinajstić information content (AvgIpc) is 3.37. The van der Waals surface area contributed by atoms with Crippen molar-refractivity contribution in [1.29, 1.82) is 5.26 Å². The third-order valence-electron chi connectivity index (χ3n) is 5.36. The third kappa shape index (κ3) is 6.01. The first kappa shape index (κ1) is 25.2. The van der Waals surface area contributed by atoms with E-state index in [1.54, 1.807) is 20.3 Å².